The van der Waals surface area contributed by atoms with Gasteiger partial charge in [-0.3, -0.25) is 9.59 Å². The van der Waals surface area contributed by atoms with Crippen molar-refractivity contribution in [2.75, 3.05) is 5.32 Å². The Morgan fingerprint density at radius 3 is 2.26 bits per heavy atom. The summed E-state index contributed by atoms with van der Waals surface area (Å²) in [5.41, 5.74) is 6.70. The molecular formula is C16H24N4O3. The SMILES string of the molecule is CC[C@H](C)[C@H](NC(N)=O)C(=O)NCc1ccc(NC(C)=O)cc1. The van der Waals surface area contributed by atoms with Crippen LogP contribution in [0.1, 0.15) is 32.8 Å². The number of carbonyl (C=O) groups excluding carboxylic acids is 3. The van der Waals surface area contributed by atoms with Crippen molar-refractivity contribution in [2.24, 2.45) is 11.7 Å². The Morgan fingerprint density at radius 2 is 1.78 bits per heavy atom. The Balaban J connectivity index is 2.62. The van der Waals surface area contributed by atoms with Crippen molar-refractivity contribution in [1.82, 2.24) is 10.6 Å². The van der Waals surface area contributed by atoms with Gasteiger partial charge in [0.15, 0.2) is 0 Å². The second-order valence-corrected chi connectivity index (χ2v) is 5.47. The van der Waals surface area contributed by atoms with Gasteiger partial charge in [-0.1, -0.05) is 32.4 Å². The highest BCUT2D eigenvalue weighted by Gasteiger charge is 2.24. The molecule has 5 N–H and O–H groups in total. The van der Waals surface area contributed by atoms with Crippen LogP contribution in [0.5, 0.6) is 0 Å². The number of rotatable bonds is 7. The molecule has 1 rings (SSSR count). The number of primary amides is 1. The second kappa shape index (κ2) is 8.77. The Hall–Kier alpha value is -2.57. The third-order valence-electron chi connectivity index (χ3n) is 3.53. The molecule has 2 atom stereocenters. The number of nitrogens with one attached hydrogen (secondary N) is 3. The first kappa shape index (κ1) is 18.5. The summed E-state index contributed by atoms with van der Waals surface area (Å²) in [7, 11) is 0. The van der Waals surface area contributed by atoms with Gasteiger partial charge in [0.1, 0.15) is 6.04 Å². The molecule has 0 aromatic heterocycles. The molecule has 0 radical (unpaired) electrons. The molecule has 0 aliphatic carbocycles. The maximum atomic E-state index is 12.2. The fourth-order valence-corrected chi connectivity index (χ4v) is 2.06. The normalized spacial score (nSPS) is 12.8. The topological polar surface area (TPSA) is 113 Å². The molecule has 0 heterocycles. The lowest BCUT2D eigenvalue weighted by Crippen LogP contribution is -2.51. The molecule has 0 aliphatic rings. The van der Waals surface area contributed by atoms with Crippen LogP contribution in [-0.4, -0.2) is 23.9 Å². The van der Waals surface area contributed by atoms with Gasteiger partial charge in [-0.15, -0.1) is 0 Å². The van der Waals surface area contributed by atoms with E-state index in [0.29, 0.717) is 12.2 Å². The van der Waals surface area contributed by atoms with Gasteiger partial charge in [0.25, 0.3) is 0 Å². The number of amides is 4. The monoisotopic (exact) mass is 320 g/mol. The molecule has 23 heavy (non-hydrogen) atoms. The van der Waals surface area contributed by atoms with E-state index in [0.717, 1.165) is 12.0 Å². The molecule has 4 amide bonds. The van der Waals surface area contributed by atoms with E-state index >= 15 is 0 Å². The van der Waals surface area contributed by atoms with E-state index in [2.05, 4.69) is 16.0 Å². The van der Waals surface area contributed by atoms with Crippen LogP contribution in [0, 0.1) is 5.92 Å². The van der Waals surface area contributed by atoms with E-state index < -0.39 is 12.1 Å². The standard InChI is InChI=1S/C16H24N4O3/c1-4-10(2)14(20-16(17)23)15(22)18-9-12-5-7-13(8-6-12)19-11(3)21/h5-8,10,14H,4,9H2,1-3H3,(H,18,22)(H,19,21)(H3,17,20,23)/t10-,14-/m0/s1. The van der Waals surface area contributed by atoms with Crippen LogP contribution in [0.2, 0.25) is 0 Å². The number of hydrogen-bond donors (Lipinski definition) is 4. The van der Waals surface area contributed by atoms with E-state index in [4.69, 9.17) is 5.73 Å². The van der Waals surface area contributed by atoms with Crippen molar-refractivity contribution in [3.05, 3.63) is 29.8 Å². The number of nitrogens with two attached hydrogens (primary N) is 1. The van der Waals surface area contributed by atoms with Crippen molar-refractivity contribution < 1.29 is 14.4 Å². The first-order valence-corrected chi connectivity index (χ1v) is 7.53. The summed E-state index contributed by atoms with van der Waals surface area (Å²) in [5, 5.41) is 7.93. The van der Waals surface area contributed by atoms with Crippen LogP contribution in [0.15, 0.2) is 24.3 Å². The van der Waals surface area contributed by atoms with Gasteiger partial charge in [0, 0.05) is 19.2 Å². The van der Waals surface area contributed by atoms with E-state index in [1.807, 2.05) is 26.0 Å². The van der Waals surface area contributed by atoms with E-state index in [9.17, 15) is 14.4 Å². The predicted molar refractivity (Wildman–Crippen MR) is 88.6 cm³/mol. The number of carbonyl (C=O) groups is 3. The third-order valence-corrected chi connectivity index (χ3v) is 3.53. The van der Waals surface area contributed by atoms with Crippen LogP contribution in [0.3, 0.4) is 0 Å². The van der Waals surface area contributed by atoms with Gasteiger partial charge in [-0.2, -0.15) is 0 Å². The lowest BCUT2D eigenvalue weighted by molar-refractivity contribution is -0.124. The minimum atomic E-state index is -0.717. The highest BCUT2D eigenvalue weighted by Crippen LogP contribution is 2.11. The Morgan fingerprint density at radius 1 is 1.17 bits per heavy atom. The lowest BCUT2D eigenvalue weighted by atomic mass is 9.98. The molecule has 7 heteroatoms. The Kier molecular flexibility index (Phi) is 7.05. The van der Waals surface area contributed by atoms with Gasteiger partial charge in [0.05, 0.1) is 0 Å². The lowest BCUT2D eigenvalue weighted by Gasteiger charge is -2.22. The predicted octanol–water partition coefficient (Wildman–Crippen LogP) is 1.34. The van der Waals surface area contributed by atoms with E-state index in [1.165, 1.54) is 6.92 Å². The van der Waals surface area contributed by atoms with Crippen LogP contribution in [-0.2, 0) is 16.1 Å². The molecule has 126 valence electrons. The Labute approximate surface area is 136 Å². The second-order valence-electron chi connectivity index (χ2n) is 5.47. The molecule has 0 fully saturated rings. The molecule has 0 saturated heterocycles. The molecular weight excluding hydrogens is 296 g/mol. The van der Waals surface area contributed by atoms with Crippen LogP contribution >= 0.6 is 0 Å². The van der Waals surface area contributed by atoms with Gasteiger partial charge >= 0.3 is 6.03 Å². The van der Waals surface area contributed by atoms with Crippen molar-refractivity contribution in [1.29, 1.82) is 0 Å². The molecule has 0 unspecified atom stereocenters. The summed E-state index contributed by atoms with van der Waals surface area (Å²) >= 11 is 0. The minimum Gasteiger partial charge on any atom is -0.352 e. The quantitative estimate of drug-likeness (QED) is 0.608. The zero-order chi connectivity index (χ0) is 17.4. The fraction of sp³-hybridized carbons (Fsp3) is 0.438. The van der Waals surface area contributed by atoms with Crippen molar-refractivity contribution in [3.8, 4) is 0 Å². The largest absolute Gasteiger partial charge is 0.352 e. The van der Waals surface area contributed by atoms with Crippen molar-refractivity contribution in [2.45, 2.75) is 39.8 Å². The maximum Gasteiger partial charge on any atom is 0.312 e. The zero-order valence-electron chi connectivity index (χ0n) is 13.7. The smallest absolute Gasteiger partial charge is 0.312 e. The number of urea groups is 1. The van der Waals surface area contributed by atoms with Crippen LogP contribution in [0.25, 0.3) is 0 Å². The Bertz CT molecular complexity index is 557. The van der Waals surface area contributed by atoms with Crippen LogP contribution < -0.4 is 21.7 Å². The number of anilines is 1. The molecule has 7 nitrogen and oxygen atoms in total. The van der Waals surface area contributed by atoms with Crippen molar-refractivity contribution >= 4 is 23.5 Å². The van der Waals surface area contributed by atoms with Crippen molar-refractivity contribution in [3.63, 3.8) is 0 Å². The first-order chi connectivity index (χ1) is 10.8. The highest BCUT2D eigenvalue weighted by atomic mass is 16.2. The summed E-state index contributed by atoms with van der Waals surface area (Å²) in [5.74, 6) is -0.436. The third kappa shape index (κ3) is 6.37. The summed E-state index contributed by atoms with van der Waals surface area (Å²) in [6.45, 7) is 5.58. The van der Waals surface area contributed by atoms with E-state index in [-0.39, 0.29) is 17.7 Å². The molecule has 0 aliphatic heterocycles. The summed E-state index contributed by atoms with van der Waals surface area (Å²) < 4.78 is 0. The average Bonchev–Trinajstić information content (AvgIpc) is 2.50. The number of benzene rings is 1. The highest BCUT2D eigenvalue weighted by molar-refractivity contribution is 5.88. The van der Waals surface area contributed by atoms with Gasteiger partial charge in [0.2, 0.25) is 11.8 Å². The summed E-state index contributed by atoms with van der Waals surface area (Å²) in [6, 6.07) is 5.77. The average molecular weight is 320 g/mol. The fourth-order valence-electron chi connectivity index (χ4n) is 2.06. The molecule has 1 aromatic carbocycles. The molecule has 0 saturated carbocycles. The first-order valence-electron chi connectivity index (χ1n) is 7.53. The summed E-state index contributed by atoms with van der Waals surface area (Å²) in [4.78, 5) is 34.2. The maximum absolute atomic E-state index is 12.2. The number of hydrogen-bond acceptors (Lipinski definition) is 3. The van der Waals surface area contributed by atoms with Crippen LogP contribution in [0.4, 0.5) is 10.5 Å². The van der Waals surface area contributed by atoms with Gasteiger partial charge < -0.3 is 21.7 Å². The molecule has 0 spiro atoms. The van der Waals surface area contributed by atoms with Gasteiger partial charge in [-0.05, 0) is 23.6 Å². The zero-order valence-corrected chi connectivity index (χ0v) is 13.7. The van der Waals surface area contributed by atoms with Gasteiger partial charge in [-0.25, -0.2) is 4.79 Å². The van der Waals surface area contributed by atoms with E-state index in [1.54, 1.807) is 12.1 Å². The minimum absolute atomic E-state index is 0.0235. The summed E-state index contributed by atoms with van der Waals surface area (Å²) in [6.07, 6.45) is 0.740. The molecule has 0 bridgehead atoms. The molecule has 1 aromatic rings.